The molecule has 1 heterocycles. The van der Waals surface area contributed by atoms with E-state index in [-0.39, 0.29) is 6.04 Å². The maximum Gasteiger partial charge on any atom is 0.281 e. The van der Waals surface area contributed by atoms with Gasteiger partial charge in [-0.25, -0.2) is 0 Å². The van der Waals surface area contributed by atoms with Crippen LogP contribution in [0.5, 0.6) is 0 Å². The minimum Gasteiger partial charge on any atom is -0.317 e. The summed E-state index contributed by atoms with van der Waals surface area (Å²) in [5, 5.41) is 3.24. The lowest BCUT2D eigenvalue weighted by Crippen LogP contribution is -2.51. The molecular formula is C14H29N3O2S. The third-order valence-corrected chi connectivity index (χ3v) is 6.73. The van der Waals surface area contributed by atoms with Crippen LogP contribution in [0.3, 0.4) is 0 Å². The number of hydrogen-bond donors (Lipinski definition) is 1. The van der Waals surface area contributed by atoms with Crippen molar-refractivity contribution < 1.29 is 8.42 Å². The van der Waals surface area contributed by atoms with Crippen LogP contribution in [0, 0.1) is 5.92 Å². The number of piperidine rings is 1. The van der Waals surface area contributed by atoms with Crippen molar-refractivity contribution in [3.05, 3.63) is 0 Å². The van der Waals surface area contributed by atoms with Gasteiger partial charge in [0.2, 0.25) is 0 Å². The molecule has 0 radical (unpaired) electrons. The van der Waals surface area contributed by atoms with E-state index in [0.29, 0.717) is 19.0 Å². The maximum absolute atomic E-state index is 12.7. The van der Waals surface area contributed by atoms with Crippen LogP contribution >= 0.6 is 0 Å². The first-order chi connectivity index (χ1) is 9.57. The second-order valence-electron chi connectivity index (χ2n) is 6.05. The number of rotatable bonds is 7. The van der Waals surface area contributed by atoms with Crippen molar-refractivity contribution in [2.45, 2.75) is 51.5 Å². The summed E-state index contributed by atoms with van der Waals surface area (Å²) in [5.74, 6) is 0.605. The van der Waals surface area contributed by atoms with E-state index in [1.807, 2.05) is 0 Å². The molecule has 0 amide bonds. The lowest BCUT2D eigenvalue weighted by Gasteiger charge is -2.38. The van der Waals surface area contributed by atoms with Gasteiger partial charge in [0, 0.05) is 26.2 Å². The Labute approximate surface area is 123 Å². The molecule has 0 bridgehead atoms. The van der Waals surface area contributed by atoms with Crippen LogP contribution in [-0.2, 0) is 10.2 Å². The summed E-state index contributed by atoms with van der Waals surface area (Å²) in [6.45, 7) is 5.19. The Hall–Kier alpha value is -0.170. The van der Waals surface area contributed by atoms with Gasteiger partial charge in [-0.15, -0.1) is 0 Å². The van der Waals surface area contributed by atoms with Crippen LogP contribution in [0.1, 0.15) is 45.4 Å². The van der Waals surface area contributed by atoms with Crippen LogP contribution in [0.2, 0.25) is 0 Å². The van der Waals surface area contributed by atoms with Crippen molar-refractivity contribution in [2.24, 2.45) is 5.92 Å². The van der Waals surface area contributed by atoms with Gasteiger partial charge in [-0.1, -0.05) is 13.3 Å². The zero-order valence-electron chi connectivity index (χ0n) is 12.8. The highest BCUT2D eigenvalue weighted by Crippen LogP contribution is 2.38. The van der Waals surface area contributed by atoms with Gasteiger partial charge in [0.15, 0.2) is 0 Å². The first kappa shape index (κ1) is 16.2. The lowest BCUT2D eigenvalue weighted by molar-refractivity contribution is 0.191. The average molecular weight is 303 g/mol. The molecule has 1 aliphatic heterocycles. The van der Waals surface area contributed by atoms with Crippen molar-refractivity contribution in [1.82, 2.24) is 13.9 Å². The number of nitrogens with one attached hydrogen (secondary N) is 1. The molecule has 1 aliphatic carbocycles. The summed E-state index contributed by atoms with van der Waals surface area (Å²) in [6.07, 6.45) is 6.54. The van der Waals surface area contributed by atoms with Gasteiger partial charge in [-0.2, -0.15) is 17.0 Å². The van der Waals surface area contributed by atoms with E-state index in [2.05, 4.69) is 12.2 Å². The summed E-state index contributed by atoms with van der Waals surface area (Å²) in [6, 6.07) is 0.268. The smallest absolute Gasteiger partial charge is 0.281 e. The van der Waals surface area contributed by atoms with E-state index >= 15 is 0 Å². The molecule has 118 valence electrons. The van der Waals surface area contributed by atoms with E-state index in [4.69, 9.17) is 0 Å². The Morgan fingerprint density at radius 2 is 2.00 bits per heavy atom. The summed E-state index contributed by atoms with van der Waals surface area (Å²) < 4.78 is 28.8. The van der Waals surface area contributed by atoms with Crippen molar-refractivity contribution >= 4 is 10.2 Å². The van der Waals surface area contributed by atoms with Crippen LogP contribution < -0.4 is 5.32 Å². The van der Waals surface area contributed by atoms with Gasteiger partial charge >= 0.3 is 0 Å². The third kappa shape index (κ3) is 3.53. The van der Waals surface area contributed by atoms with E-state index in [1.54, 1.807) is 15.7 Å². The molecule has 1 saturated heterocycles. The fourth-order valence-electron chi connectivity index (χ4n) is 3.59. The maximum atomic E-state index is 12.7. The predicted octanol–water partition coefficient (Wildman–Crippen LogP) is 1.43. The highest BCUT2D eigenvalue weighted by molar-refractivity contribution is 7.86. The molecule has 0 spiro atoms. The standard InChI is InChI=1S/C14H29N3O2S/c1-3-15-10-6-11-16(2)20(18,19)17-12-5-8-13-7-4-9-14(13)17/h13-15H,3-12H2,1-2H3. The second kappa shape index (κ2) is 7.20. The monoisotopic (exact) mass is 303 g/mol. The average Bonchev–Trinajstić information content (AvgIpc) is 2.91. The Balaban J connectivity index is 1.94. The summed E-state index contributed by atoms with van der Waals surface area (Å²) >= 11 is 0. The Morgan fingerprint density at radius 1 is 1.25 bits per heavy atom. The Morgan fingerprint density at radius 3 is 2.75 bits per heavy atom. The van der Waals surface area contributed by atoms with Crippen LogP contribution in [0.25, 0.3) is 0 Å². The molecule has 2 atom stereocenters. The molecule has 5 nitrogen and oxygen atoms in total. The zero-order chi connectivity index (χ0) is 14.6. The largest absolute Gasteiger partial charge is 0.317 e. The molecule has 2 unspecified atom stereocenters. The number of fused-ring (bicyclic) bond motifs is 1. The van der Waals surface area contributed by atoms with E-state index in [0.717, 1.165) is 32.4 Å². The van der Waals surface area contributed by atoms with Gasteiger partial charge in [-0.3, -0.25) is 0 Å². The molecule has 2 fully saturated rings. The second-order valence-corrected chi connectivity index (χ2v) is 8.04. The Kier molecular flexibility index (Phi) is 5.84. The third-order valence-electron chi connectivity index (χ3n) is 4.71. The Bertz CT molecular complexity index is 399. The van der Waals surface area contributed by atoms with Gasteiger partial charge in [-0.05, 0) is 51.1 Å². The van der Waals surface area contributed by atoms with Crippen molar-refractivity contribution in [1.29, 1.82) is 0 Å². The van der Waals surface area contributed by atoms with Gasteiger partial charge in [0.05, 0.1) is 0 Å². The SMILES string of the molecule is CCNCCCN(C)S(=O)(=O)N1CCCC2CCCC21. The highest BCUT2D eigenvalue weighted by atomic mass is 32.2. The van der Waals surface area contributed by atoms with Gasteiger partial charge in [0.1, 0.15) is 0 Å². The fraction of sp³-hybridized carbons (Fsp3) is 1.00. The zero-order valence-corrected chi connectivity index (χ0v) is 13.7. The summed E-state index contributed by atoms with van der Waals surface area (Å²) in [5.41, 5.74) is 0. The highest BCUT2D eigenvalue weighted by Gasteiger charge is 2.41. The molecule has 6 heteroatoms. The number of nitrogens with zero attached hydrogens (tertiary/aromatic N) is 2. The van der Waals surface area contributed by atoms with Crippen LogP contribution in [0.15, 0.2) is 0 Å². The normalized spacial score (nSPS) is 27.9. The van der Waals surface area contributed by atoms with Crippen molar-refractivity contribution in [2.75, 3.05) is 33.2 Å². The minimum absolute atomic E-state index is 0.268. The van der Waals surface area contributed by atoms with Crippen molar-refractivity contribution in [3.63, 3.8) is 0 Å². The number of hydrogen-bond acceptors (Lipinski definition) is 3. The molecule has 2 aliphatic rings. The lowest BCUT2D eigenvalue weighted by atomic mass is 9.94. The molecule has 0 aromatic carbocycles. The first-order valence-corrected chi connectivity index (χ1v) is 9.41. The molecule has 1 N–H and O–H groups in total. The molecule has 0 aromatic heterocycles. The quantitative estimate of drug-likeness (QED) is 0.724. The minimum atomic E-state index is -3.26. The summed E-state index contributed by atoms with van der Waals surface area (Å²) in [7, 11) is -1.54. The van der Waals surface area contributed by atoms with Crippen molar-refractivity contribution in [3.8, 4) is 0 Å². The predicted molar refractivity (Wildman–Crippen MR) is 81.8 cm³/mol. The van der Waals surface area contributed by atoms with Gasteiger partial charge in [0.25, 0.3) is 10.2 Å². The van der Waals surface area contributed by atoms with Crippen LogP contribution in [-0.4, -0.2) is 56.3 Å². The summed E-state index contributed by atoms with van der Waals surface area (Å²) in [4.78, 5) is 0. The molecular weight excluding hydrogens is 274 g/mol. The van der Waals surface area contributed by atoms with E-state index in [9.17, 15) is 8.42 Å². The van der Waals surface area contributed by atoms with Crippen LogP contribution in [0.4, 0.5) is 0 Å². The van der Waals surface area contributed by atoms with Gasteiger partial charge < -0.3 is 5.32 Å². The molecule has 2 rings (SSSR count). The molecule has 20 heavy (non-hydrogen) atoms. The van der Waals surface area contributed by atoms with E-state index in [1.165, 1.54) is 19.3 Å². The first-order valence-electron chi connectivity index (χ1n) is 8.01. The molecule has 1 saturated carbocycles. The molecule has 0 aromatic rings. The fourth-order valence-corrected chi connectivity index (χ4v) is 5.29. The topological polar surface area (TPSA) is 52.7 Å². The van der Waals surface area contributed by atoms with E-state index < -0.39 is 10.2 Å².